The molecule has 0 radical (unpaired) electrons. The van der Waals surface area contributed by atoms with E-state index in [0.717, 1.165) is 76.1 Å². The van der Waals surface area contributed by atoms with E-state index in [4.69, 9.17) is 14.7 Å². The zero-order valence-electron chi connectivity index (χ0n) is 21.6. The third kappa shape index (κ3) is 4.97. The number of hydrogen-bond donors (Lipinski definition) is 0. The van der Waals surface area contributed by atoms with E-state index < -0.39 is 0 Å². The van der Waals surface area contributed by atoms with Crippen LogP contribution in [0.1, 0.15) is 27.9 Å². The van der Waals surface area contributed by atoms with Gasteiger partial charge in [0.1, 0.15) is 0 Å². The normalized spacial score (nSPS) is 14.4. The molecule has 38 heavy (non-hydrogen) atoms. The number of rotatable bonds is 7. The van der Waals surface area contributed by atoms with Crippen LogP contribution in [0.15, 0.2) is 60.0 Å². The van der Waals surface area contributed by atoms with Gasteiger partial charge in [0.25, 0.3) is 5.91 Å². The van der Waals surface area contributed by atoms with Crippen molar-refractivity contribution in [3.05, 3.63) is 76.7 Å². The van der Waals surface area contributed by atoms with Crippen molar-refractivity contribution >= 4 is 54.8 Å². The van der Waals surface area contributed by atoms with Crippen molar-refractivity contribution in [2.24, 2.45) is 0 Å². The van der Waals surface area contributed by atoms with E-state index in [0.29, 0.717) is 12.1 Å². The van der Waals surface area contributed by atoms with Crippen molar-refractivity contribution in [3.8, 4) is 10.6 Å². The van der Waals surface area contributed by atoms with Crippen LogP contribution in [0.25, 0.3) is 31.7 Å². The molecule has 8 heteroatoms. The van der Waals surface area contributed by atoms with Crippen LogP contribution in [0.5, 0.6) is 0 Å². The maximum absolute atomic E-state index is 14.4. The highest BCUT2D eigenvalue weighted by Crippen LogP contribution is 2.34. The summed E-state index contributed by atoms with van der Waals surface area (Å²) in [4.78, 5) is 29.7. The molecule has 0 atom stereocenters. The first-order valence-electron chi connectivity index (χ1n) is 13.0. The van der Waals surface area contributed by atoms with Crippen LogP contribution in [0.4, 0.5) is 5.13 Å². The molecule has 1 amide bonds. The molecule has 2 aromatic carbocycles. The molecule has 194 valence electrons. The van der Waals surface area contributed by atoms with Crippen molar-refractivity contribution in [2.45, 2.75) is 20.3 Å². The summed E-state index contributed by atoms with van der Waals surface area (Å²) in [6, 6.07) is 18.2. The summed E-state index contributed by atoms with van der Waals surface area (Å²) in [5.74, 6) is -0.0307. The van der Waals surface area contributed by atoms with Crippen molar-refractivity contribution in [2.75, 3.05) is 44.3 Å². The number of anilines is 1. The molecule has 1 aliphatic rings. The van der Waals surface area contributed by atoms with Crippen LogP contribution >= 0.6 is 22.7 Å². The number of morpholine rings is 1. The summed E-state index contributed by atoms with van der Waals surface area (Å²) >= 11 is 3.22. The molecule has 1 saturated heterocycles. The Morgan fingerprint density at radius 2 is 1.89 bits per heavy atom. The number of nitrogens with zero attached hydrogens (tertiary/aromatic N) is 4. The topological polar surface area (TPSA) is 58.6 Å². The van der Waals surface area contributed by atoms with E-state index in [9.17, 15) is 4.79 Å². The van der Waals surface area contributed by atoms with Gasteiger partial charge in [-0.1, -0.05) is 41.7 Å². The summed E-state index contributed by atoms with van der Waals surface area (Å²) in [6.45, 7) is 9.15. The predicted molar refractivity (Wildman–Crippen MR) is 158 cm³/mol. The number of pyridine rings is 1. The monoisotopic (exact) mass is 542 g/mol. The molecule has 3 aromatic heterocycles. The Bertz CT molecular complexity index is 1590. The average Bonchev–Trinajstić information content (AvgIpc) is 3.64. The lowest BCUT2D eigenvalue weighted by Crippen LogP contribution is -2.39. The summed E-state index contributed by atoms with van der Waals surface area (Å²) in [5, 5.41) is 3.65. The highest BCUT2D eigenvalue weighted by molar-refractivity contribution is 7.22. The quantitative estimate of drug-likeness (QED) is 0.233. The zero-order chi connectivity index (χ0) is 26.1. The van der Waals surface area contributed by atoms with Crippen molar-refractivity contribution < 1.29 is 9.53 Å². The number of thiazole rings is 1. The van der Waals surface area contributed by atoms with Gasteiger partial charge in [0.15, 0.2) is 5.13 Å². The number of para-hydroxylation sites is 1. The van der Waals surface area contributed by atoms with Gasteiger partial charge in [-0.05, 0) is 61.0 Å². The van der Waals surface area contributed by atoms with E-state index in [2.05, 4.69) is 36.9 Å². The SMILES string of the molecule is Cc1ccc2sc(N(CCCN3CCOCC3)C(=O)c3cc(-c4cccs4)nc4ccccc34)nc2c1C. The second-order valence-corrected chi connectivity index (χ2v) is 11.6. The molecule has 0 spiro atoms. The minimum absolute atomic E-state index is 0.0307. The number of fused-ring (bicyclic) bond motifs is 2. The minimum Gasteiger partial charge on any atom is -0.379 e. The highest BCUT2D eigenvalue weighted by Gasteiger charge is 2.25. The number of thiophene rings is 1. The molecule has 0 N–H and O–H groups in total. The van der Waals surface area contributed by atoms with Crippen molar-refractivity contribution in [1.82, 2.24) is 14.9 Å². The molecular formula is C30H30N4O2S2. The van der Waals surface area contributed by atoms with Crippen LogP contribution in [-0.4, -0.2) is 60.2 Å². The largest absolute Gasteiger partial charge is 0.379 e. The molecule has 0 aliphatic carbocycles. The lowest BCUT2D eigenvalue weighted by Gasteiger charge is -2.28. The number of hydrogen-bond acceptors (Lipinski definition) is 7. The summed E-state index contributed by atoms with van der Waals surface area (Å²) < 4.78 is 6.61. The molecular weight excluding hydrogens is 512 g/mol. The number of carbonyl (C=O) groups excluding carboxylic acids is 1. The van der Waals surface area contributed by atoms with Crippen molar-refractivity contribution in [3.63, 3.8) is 0 Å². The Morgan fingerprint density at radius 1 is 1.05 bits per heavy atom. The smallest absolute Gasteiger partial charge is 0.260 e. The standard InChI is InChI=1S/C30H30N4O2S2/c1-20-10-11-27-28(21(20)2)32-30(38-27)34(13-6-12-33-14-16-36-17-15-33)29(35)23-19-25(26-9-5-18-37-26)31-24-8-4-3-7-22(23)24/h3-5,7-11,18-19H,6,12-17H2,1-2H3. The van der Waals surface area contributed by atoms with Gasteiger partial charge < -0.3 is 4.74 Å². The molecule has 1 fully saturated rings. The highest BCUT2D eigenvalue weighted by atomic mass is 32.1. The van der Waals surface area contributed by atoms with Gasteiger partial charge >= 0.3 is 0 Å². The van der Waals surface area contributed by atoms with Crippen LogP contribution < -0.4 is 4.90 Å². The molecule has 5 aromatic rings. The molecule has 0 saturated carbocycles. The Balaban J connectivity index is 1.41. The number of amides is 1. The molecule has 0 unspecified atom stereocenters. The second kappa shape index (κ2) is 10.9. The lowest BCUT2D eigenvalue weighted by molar-refractivity contribution is 0.0376. The molecule has 4 heterocycles. The zero-order valence-corrected chi connectivity index (χ0v) is 23.3. The van der Waals surface area contributed by atoms with Crippen LogP contribution in [0, 0.1) is 13.8 Å². The van der Waals surface area contributed by atoms with Gasteiger partial charge in [-0.25, -0.2) is 9.97 Å². The van der Waals surface area contributed by atoms with Crippen LogP contribution in [0.2, 0.25) is 0 Å². The third-order valence-electron chi connectivity index (χ3n) is 7.23. The Labute approximate surface area is 230 Å². The lowest BCUT2D eigenvalue weighted by atomic mass is 10.1. The minimum atomic E-state index is -0.0307. The van der Waals surface area contributed by atoms with E-state index in [-0.39, 0.29) is 5.91 Å². The summed E-state index contributed by atoms with van der Waals surface area (Å²) in [5.41, 5.74) is 5.67. The fourth-order valence-electron chi connectivity index (χ4n) is 4.94. The maximum atomic E-state index is 14.4. The maximum Gasteiger partial charge on any atom is 0.260 e. The number of benzene rings is 2. The van der Waals surface area contributed by atoms with Gasteiger partial charge in [-0.15, -0.1) is 11.3 Å². The number of carbonyl (C=O) groups is 1. The number of ether oxygens (including phenoxy) is 1. The number of aryl methyl sites for hydroxylation is 2. The van der Waals surface area contributed by atoms with Crippen molar-refractivity contribution in [1.29, 1.82) is 0 Å². The first kappa shape index (κ1) is 25.1. The molecule has 1 aliphatic heterocycles. The van der Waals surface area contributed by atoms with Gasteiger partial charge in [0.2, 0.25) is 0 Å². The summed E-state index contributed by atoms with van der Waals surface area (Å²) in [6.07, 6.45) is 0.862. The fourth-order valence-corrected chi connectivity index (χ4v) is 6.67. The van der Waals surface area contributed by atoms with E-state index in [1.165, 1.54) is 11.1 Å². The third-order valence-corrected chi connectivity index (χ3v) is 9.17. The Kier molecular flexibility index (Phi) is 7.21. The predicted octanol–water partition coefficient (Wildman–Crippen LogP) is 6.56. The van der Waals surface area contributed by atoms with E-state index >= 15 is 0 Å². The average molecular weight is 543 g/mol. The van der Waals surface area contributed by atoms with Gasteiger partial charge in [0.05, 0.1) is 45.1 Å². The van der Waals surface area contributed by atoms with Gasteiger partial charge in [-0.3, -0.25) is 14.6 Å². The Morgan fingerprint density at radius 3 is 2.71 bits per heavy atom. The molecule has 0 bridgehead atoms. The molecule has 6 nitrogen and oxygen atoms in total. The summed E-state index contributed by atoms with van der Waals surface area (Å²) in [7, 11) is 0. The fraction of sp³-hybridized carbons (Fsp3) is 0.300. The Hall–Kier alpha value is -3.17. The first-order chi connectivity index (χ1) is 18.6. The number of aromatic nitrogens is 2. The second-order valence-electron chi connectivity index (χ2n) is 9.66. The van der Waals surface area contributed by atoms with Crippen LogP contribution in [-0.2, 0) is 4.74 Å². The van der Waals surface area contributed by atoms with Crippen LogP contribution in [0.3, 0.4) is 0 Å². The molecule has 6 rings (SSSR count). The van der Waals surface area contributed by atoms with Gasteiger partial charge in [-0.2, -0.15) is 0 Å². The van der Waals surface area contributed by atoms with E-state index in [1.54, 1.807) is 22.7 Å². The van der Waals surface area contributed by atoms with E-state index in [1.807, 2.05) is 46.7 Å². The first-order valence-corrected chi connectivity index (χ1v) is 14.7. The van der Waals surface area contributed by atoms with Gasteiger partial charge in [0, 0.05) is 31.6 Å².